The second kappa shape index (κ2) is 7.11. The standard InChI is InChI=1S/C19H22N4O2/c1-24-18-5-3-2-4-15(18)13-25-16-6-9-22(10-7-16)19-17-12-20-14-23(17)11-8-21-19/h2-5,8,11-12,14,16H,6-7,9-10,13H2,1H3. The van der Waals surface area contributed by atoms with Gasteiger partial charge in [0.25, 0.3) is 0 Å². The fourth-order valence-corrected chi connectivity index (χ4v) is 3.35. The van der Waals surface area contributed by atoms with Gasteiger partial charge in [-0.2, -0.15) is 0 Å². The molecule has 3 heterocycles. The van der Waals surface area contributed by atoms with E-state index in [1.165, 1.54) is 0 Å². The summed E-state index contributed by atoms with van der Waals surface area (Å²) >= 11 is 0. The summed E-state index contributed by atoms with van der Waals surface area (Å²) in [5.74, 6) is 1.89. The highest BCUT2D eigenvalue weighted by Crippen LogP contribution is 2.25. The van der Waals surface area contributed by atoms with E-state index >= 15 is 0 Å². The first-order valence-electron chi connectivity index (χ1n) is 8.60. The van der Waals surface area contributed by atoms with Crippen molar-refractivity contribution in [2.75, 3.05) is 25.1 Å². The number of methoxy groups -OCH3 is 1. The molecular weight excluding hydrogens is 316 g/mol. The topological polar surface area (TPSA) is 51.9 Å². The summed E-state index contributed by atoms with van der Waals surface area (Å²) in [6, 6.07) is 8.02. The van der Waals surface area contributed by atoms with Gasteiger partial charge >= 0.3 is 0 Å². The number of rotatable bonds is 5. The summed E-state index contributed by atoms with van der Waals surface area (Å²) in [5, 5.41) is 0. The van der Waals surface area contributed by atoms with Crippen LogP contribution in [0.3, 0.4) is 0 Å². The Morgan fingerprint density at radius 2 is 2.04 bits per heavy atom. The van der Waals surface area contributed by atoms with Crippen LogP contribution in [0.5, 0.6) is 5.75 Å². The Morgan fingerprint density at radius 3 is 2.88 bits per heavy atom. The van der Waals surface area contributed by atoms with E-state index in [9.17, 15) is 0 Å². The number of nitrogens with zero attached hydrogens (tertiary/aromatic N) is 4. The van der Waals surface area contributed by atoms with Crippen molar-refractivity contribution >= 4 is 11.3 Å². The van der Waals surface area contributed by atoms with E-state index in [0.29, 0.717) is 6.61 Å². The number of hydrogen-bond acceptors (Lipinski definition) is 5. The number of benzene rings is 1. The largest absolute Gasteiger partial charge is 0.496 e. The van der Waals surface area contributed by atoms with Crippen molar-refractivity contribution < 1.29 is 9.47 Å². The molecule has 130 valence electrons. The minimum Gasteiger partial charge on any atom is -0.496 e. The van der Waals surface area contributed by atoms with Crippen LogP contribution in [-0.2, 0) is 11.3 Å². The lowest BCUT2D eigenvalue weighted by atomic mass is 10.1. The lowest BCUT2D eigenvalue weighted by Gasteiger charge is -2.33. The number of ether oxygens (including phenoxy) is 2. The highest BCUT2D eigenvalue weighted by atomic mass is 16.5. The fraction of sp³-hybridized carbons (Fsp3) is 0.368. The zero-order valence-electron chi connectivity index (χ0n) is 14.3. The third-order valence-electron chi connectivity index (χ3n) is 4.73. The number of aromatic nitrogens is 3. The first-order chi connectivity index (χ1) is 12.3. The normalized spacial score (nSPS) is 15.6. The molecule has 0 N–H and O–H groups in total. The third-order valence-corrected chi connectivity index (χ3v) is 4.73. The number of anilines is 1. The van der Waals surface area contributed by atoms with E-state index in [2.05, 4.69) is 20.9 Å². The lowest BCUT2D eigenvalue weighted by molar-refractivity contribution is 0.0242. The van der Waals surface area contributed by atoms with Crippen LogP contribution in [0.1, 0.15) is 18.4 Å². The summed E-state index contributed by atoms with van der Waals surface area (Å²) in [5.41, 5.74) is 2.15. The Labute approximate surface area is 147 Å². The first-order valence-corrected chi connectivity index (χ1v) is 8.60. The predicted molar refractivity (Wildman–Crippen MR) is 96.0 cm³/mol. The van der Waals surface area contributed by atoms with Crippen LogP contribution in [0, 0.1) is 0 Å². The Hall–Kier alpha value is -2.60. The second-order valence-electron chi connectivity index (χ2n) is 6.25. The van der Waals surface area contributed by atoms with Gasteiger partial charge in [-0.15, -0.1) is 0 Å². The first kappa shape index (κ1) is 15.9. The molecule has 1 aliphatic heterocycles. The van der Waals surface area contributed by atoms with E-state index in [-0.39, 0.29) is 6.10 Å². The quantitative estimate of drug-likeness (QED) is 0.716. The van der Waals surface area contributed by atoms with Gasteiger partial charge in [-0.25, -0.2) is 9.97 Å². The molecule has 0 unspecified atom stereocenters. The van der Waals surface area contributed by atoms with Gasteiger partial charge in [-0.3, -0.25) is 0 Å². The number of fused-ring (bicyclic) bond motifs is 1. The highest BCUT2D eigenvalue weighted by molar-refractivity contribution is 5.67. The molecule has 3 aromatic rings. The molecule has 6 nitrogen and oxygen atoms in total. The summed E-state index contributed by atoms with van der Waals surface area (Å²) in [6.45, 7) is 2.47. The summed E-state index contributed by atoms with van der Waals surface area (Å²) in [6.07, 6.45) is 9.68. The fourth-order valence-electron chi connectivity index (χ4n) is 3.35. The van der Waals surface area contributed by atoms with Crippen LogP contribution in [-0.4, -0.2) is 40.7 Å². The van der Waals surface area contributed by atoms with E-state index in [4.69, 9.17) is 9.47 Å². The van der Waals surface area contributed by atoms with Crippen molar-refractivity contribution in [3.63, 3.8) is 0 Å². The number of hydrogen-bond donors (Lipinski definition) is 0. The Bertz CT molecular complexity index is 840. The molecule has 1 saturated heterocycles. The van der Waals surface area contributed by atoms with Crippen molar-refractivity contribution in [3.05, 3.63) is 54.7 Å². The molecule has 1 aromatic carbocycles. The molecule has 2 aromatic heterocycles. The van der Waals surface area contributed by atoms with Gasteiger partial charge < -0.3 is 18.8 Å². The van der Waals surface area contributed by atoms with E-state index < -0.39 is 0 Å². The van der Waals surface area contributed by atoms with Gasteiger partial charge in [0.2, 0.25) is 0 Å². The van der Waals surface area contributed by atoms with Crippen molar-refractivity contribution in [2.24, 2.45) is 0 Å². The van der Waals surface area contributed by atoms with Crippen molar-refractivity contribution in [1.29, 1.82) is 0 Å². The van der Waals surface area contributed by atoms with Gasteiger partial charge in [0.15, 0.2) is 5.82 Å². The van der Waals surface area contributed by atoms with Gasteiger partial charge in [0.1, 0.15) is 11.3 Å². The van der Waals surface area contributed by atoms with Crippen LogP contribution >= 0.6 is 0 Å². The SMILES string of the molecule is COc1ccccc1COC1CCN(c2nccn3cncc23)CC1. The second-order valence-corrected chi connectivity index (χ2v) is 6.25. The predicted octanol–water partition coefficient (Wildman–Crippen LogP) is 2.92. The Kier molecular flexibility index (Phi) is 4.52. The van der Waals surface area contributed by atoms with Gasteiger partial charge in [0.05, 0.1) is 32.3 Å². The molecule has 0 atom stereocenters. The van der Waals surface area contributed by atoms with Crippen LogP contribution < -0.4 is 9.64 Å². The van der Waals surface area contributed by atoms with E-state index in [1.807, 2.05) is 47.5 Å². The molecule has 25 heavy (non-hydrogen) atoms. The number of para-hydroxylation sites is 1. The van der Waals surface area contributed by atoms with Crippen LogP contribution in [0.4, 0.5) is 5.82 Å². The Balaban J connectivity index is 1.36. The van der Waals surface area contributed by atoms with Crippen molar-refractivity contribution in [3.8, 4) is 5.75 Å². The maximum atomic E-state index is 6.12. The average Bonchev–Trinajstić information content (AvgIpc) is 3.16. The summed E-state index contributed by atoms with van der Waals surface area (Å²) in [4.78, 5) is 11.1. The number of piperidine rings is 1. The van der Waals surface area contributed by atoms with E-state index in [1.54, 1.807) is 7.11 Å². The monoisotopic (exact) mass is 338 g/mol. The highest BCUT2D eigenvalue weighted by Gasteiger charge is 2.22. The summed E-state index contributed by atoms with van der Waals surface area (Å²) < 4.78 is 13.5. The van der Waals surface area contributed by atoms with Crippen LogP contribution in [0.2, 0.25) is 0 Å². The molecule has 0 radical (unpaired) electrons. The molecule has 0 aliphatic carbocycles. The lowest BCUT2D eigenvalue weighted by Crippen LogP contribution is -2.37. The van der Waals surface area contributed by atoms with Gasteiger partial charge in [-0.1, -0.05) is 18.2 Å². The molecule has 1 fully saturated rings. The molecule has 0 bridgehead atoms. The van der Waals surface area contributed by atoms with Crippen molar-refractivity contribution in [2.45, 2.75) is 25.6 Å². The molecule has 0 amide bonds. The maximum Gasteiger partial charge on any atom is 0.154 e. The summed E-state index contributed by atoms with van der Waals surface area (Å²) in [7, 11) is 1.70. The molecular formula is C19H22N4O2. The molecule has 1 aliphatic rings. The zero-order chi connectivity index (χ0) is 17.1. The van der Waals surface area contributed by atoms with E-state index in [0.717, 1.165) is 48.6 Å². The number of imidazole rings is 1. The minimum absolute atomic E-state index is 0.269. The Morgan fingerprint density at radius 1 is 1.20 bits per heavy atom. The third kappa shape index (κ3) is 3.30. The maximum absolute atomic E-state index is 6.12. The van der Waals surface area contributed by atoms with Gasteiger partial charge in [-0.05, 0) is 18.9 Å². The molecule has 0 saturated carbocycles. The van der Waals surface area contributed by atoms with Crippen LogP contribution in [0.25, 0.3) is 5.52 Å². The zero-order valence-corrected chi connectivity index (χ0v) is 14.3. The minimum atomic E-state index is 0.269. The molecule has 4 rings (SSSR count). The smallest absolute Gasteiger partial charge is 0.154 e. The average molecular weight is 338 g/mol. The van der Waals surface area contributed by atoms with Crippen molar-refractivity contribution in [1.82, 2.24) is 14.4 Å². The van der Waals surface area contributed by atoms with Gasteiger partial charge in [0, 0.05) is 31.0 Å². The molecule has 6 heteroatoms. The molecule has 0 spiro atoms. The van der Waals surface area contributed by atoms with Crippen LogP contribution in [0.15, 0.2) is 49.2 Å².